The highest BCUT2D eigenvalue weighted by atomic mass is 28.4. The number of rotatable bonds is 6. The molecule has 0 spiro atoms. The highest BCUT2D eigenvalue weighted by Gasteiger charge is 2.56. The lowest BCUT2D eigenvalue weighted by atomic mass is 9.81. The third-order valence-electron chi connectivity index (χ3n) is 9.63. The van der Waals surface area contributed by atoms with Crippen molar-refractivity contribution < 1.29 is 8.85 Å². The number of nitrogens with zero attached hydrogens (tertiary/aromatic N) is 1. The Morgan fingerprint density at radius 3 is 0.939 bits per heavy atom. The number of pyridine rings is 1. The van der Waals surface area contributed by atoms with Gasteiger partial charge in [-0.15, -0.1) is 0 Å². The van der Waals surface area contributed by atoms with Gasteiger partial charge in [-0.05, 0) is 44.8 Å². The number of hydrogen-bond donors (Lipinski definition) is 0. The SMILES string of the molecule is c1ccc(C2(c3ccccc3)Cc3cccc(n3)CC(c3ccccc3)(c3ccccc3)O[Si](c3ccccc3)(c3ccccc3)O2)cc1. The van der Waals surface area contributed by atoms with Crippen LogP contribution in [0.15, 0.2) is 200 Å². The summed E-state index contributed by atoms with van der Waals surface area (Å²) in [6, 6.07) is 70.1. The lowest BCUT2D eigenvalue weighted by Crippen LogP contribution is -2.69. The molecular weight excluding hydrogens is 615 g/mol. The van der Waals surface area contributed by atoms with Crippen molar-refractivity contribution in [3.8, 4) is 0 Å². The van der Waals surface area contributed by atoms with Crippen molar-refractivity contribution >= 4 is 18.9 Å². The maximum atomic E-state index is 8.22. The van der Waals surface area contributed by atoms with E-state index >= 15 is 0 Å². The first-order valence-corrected chi connectivity index (χ1v) is 18.7. The minimum atomic E-state index is -3.73. The third-order valence-corrected chi connectivity index (χ3v) is 13.1. The summed E-state index contributed by atoms with van der Waals surface area (Å²) >= 11 is 0. The standard InChI is InChI=1S/C45H37NO2Si/c1-7-20-36(21-8-1)44(37-22-9-2-10-23-37)34-40-28-19-29-41(46-40)35-45(38-24-11-3-12-25-38,39-26-13-4-14-27-39)48-49(47-44,42-30-15-5-16-31-42)43-32-17-6-18-33-43/h1-33H,34-35H2. The molecule has 1 aliphatic rings. The third kappa shape index (κ3) is 5.74. The Bertz CT molecular complexity index is 1880. The van der Waals surface area contributed by atoms with Crippen LogP contribution >= 0.6 is 0 Å². The van der Waals surface area contributed by atoms with Crippen molar-refractivity contribution in [2.24, 2.45) is 0 Å². The summed E-state index contributed by atoms with van der Waals surface area (Å²) in [5.41, 5.74) is 4.21. The smallest absolute Gasteiger partial charge is 0.373 e. The fraction of sp³-hybridized carbons (Fsp3) is 0.0889. The van der Waals surface area contributed by atoms with Crippen LogP contribution in [0.25, 0.3) is 0 Å². The van der Waals surface area contributed by atoms with Gasteiger partial charge in [-0.2, -0.15) is 0 Å². The Labute approximate surface area is 289 Å². The molecule has 1 aliphatic heterocycles. The van der Waals surface area contributed by atoms with Crippen LogP contribution in [0.3, 0.4) is 0 Å². The fourth-order valence-electron chi connectivity index (χ4n) is 7.34. The van der Waals surface area contributed by atoms with E-state index in [1.54, 1.807) is 0 Å². The predicted octanol–water partition coefficient (Wildman–Crippen LogP) is 8.36. The zero-order valence-corrected chi connectivity index (χ0v) is 28.2. The number of fused-ring (bicyclic) bond motifs is 2. The van der Waals surface area contributed by atoms with E-state index in [2.05, 4.69) is 200 Å². The highest BCUT2D eigenvalue weighted by Crippen LogP contribution is 2.45. The molecule has 2 heterocycles. The van der Waals surface area contributed by atoms with Gasteiger partial charge in [-0.3, -0.25) is 4.98 Å². The normalized spacial score (nSPS) is 16.3. The summed E-state index contributed by atoms with van der Waals surface area (Å²) in [5, 5.41) is 2.07. The molecule has 3 nitrogen and oxygen atoms in total. The van der Waals surface area contributed by atoms with Crippen LogP contribution in [0.1, 0.15) is 33.6 Å². The molecule has 0 aliphatic carbocycles. The molecule has 0 saturated carbocycles. The maximum Gasteiger partial charge on any atom is 0.409 e. The zero-order valence-electron chi connectivity index (χ0n) is 27.2. The molecule has 1 aromatic heterocycles. The molecule has 2 bridgehead atoms. The van der Waals surface area contributed by atoms with Crippen LogP contribution in [-0.4, -0.2) is 13.5 Å². The van der Waals surface area contributed by atoms with E-state index in [0.29, 0.717) is 12.8 Å². The molecule has 0 saturated heterocycles. The second-order valence-corrected chi connectivity index (χ2v) is 15.4. The van der Waals surface area contributed by atoms with E-state index in [1.165, 1.54) is 0 Å². The van der Waals surface area contributed by atoms with Crippen molar-refractivity contribution in [3.05, 3.63) is 234 Å². The average molecular weight is 652 g/mol. The Kier molecular flexibility index (Phi) is 8.36. The van der Waals surface area contributed by atoms with Crippen LogP contribution in [0.2, 0.25) is 0 Å². The van der Waals surface area contributed by atoms with Crippen molar-refractivity contribution in [2.75, 3.05) is 0 Å². The summed E-state index contributed by atoms with van der Waals surface area (Å²) in [4.78, 5) is 5.38. The maximum absolute atomic E-state index is 8.22. The molecule has 8 rings (SSSR count). The van der Waals surface area contributed by atoms with Crippen LogP contribution in [0.5, 0.6) is 0 Å². The molecule has 0 radical (unpaired) electrons. The second kappa shape index (κ2) is 13.3. The van der Waals surface area contributed by atoms with E-state index in [0.717, 1.165) is 44.0 Å². The van der Waals surface area contributed by atoms with Gasteiger partial charge in [0.05, 0.1) is 0 Å². The van der Waals surface area contributed by atoms with Crippen LogP contribution in [-0.2, 0) is 32.9 Å². The van der Waals surface area contributed by atoms with E-state index in [-0.39, 0.29) is 0 Å². The van der Waals surface area contributed by atoms with Gasteiger partial charge in [0.15, 0.2) is 0 Å². The van der Waals surface area contributed by atoms with Crippen molar-refractivity contribution in [1.82, 2.24) is 4.98 Å². The quantitative estimate of drug-likeness (QED) is 0.169. The van der Waals surface area contributed by atoms with Crippen molar-refractivity contribution in [3.63, 3.8) is 0 Å². The molecule has 0 amide bonds. The van der Waals surface area contributed by atoms with Crippen LogP contribution in [0.4, 0.5) is 0 Å². The van der Waals surface area contributed by atoms with Gasteiger partial charge >= 0.3 is 8.56 Å². The van der Waals surface area contributed by atoms with E-state index in [1.807, 2.05) is 0 Å². The average Bonchev–Trinajstić information content (AvgIpc) is 3.19. The molecule has 7 aromatic rings. The highest BCUT2D eigenvalue weighted by molar-refractivity contribution is 6.92. The number of aromatic nitrogens is 1. The van der Waals surface area contributed by atoms with Crippen molar-refractivity contribution in [2.45, 2.75) is 24.0 Å². The van der Waals surface area contributed by atoms with E-state index < -0.39 is 19.8 Å². The van der Waals surface area contributed by atoms with Gasteiger partial charge in [0.25, 0.3) is 0 Å². The first-order chi connectivity index (χ1) is 24.2. The van der Waals surface area contributed by atoms with Gasteiger partial charge in [0, 0.05) is 24.2 Å². The van der Waals surface area contributed by atoms with Gasteiger partial charge in [0.1, 0.15) is 11.2 Å². The summed E-state index contributed by atoms with van der Waals surface area (Å²) in [7, 11) is -3.73. The number of benzene rings is 6. The molecule has 6 aromatic carbocycles. The minimum Gasteiger partial charge on any atom is -0.373 e. The molecule has 0 fully saturated rings. The Hall–Kier alpha value is -5.39. The zero-order chi connectivity index (χ0) is 33.0. The molecule has 49 heavy (non-hydrogen) atoms. The van der Waals surface area contributed by atoms with Crippen LogP contribution in [0, 0.1) is 0 Å². The summed E-state index contributed by atoms with van der Waals surface area (Å²) in [6.45, 7) is 0. The first kappa shape index (κ1) is 30.9. The minimum absolute atomic E-state index is 0.524. The van der Waals surface area contributed by atoms with E-state index in [9.17, 15) is 0 Å². The van der Waals surface area contributed by atoms with Crippen molar-refractivity contribution in [1.29, 1.82) is 0 Å². The lowest BCUT2D eigenvalue weighted by Gasteiger charge is -2.49. The molecule has 238 valence electrons. The Morgan fingerprint density at radius 1 is 0.347 bits per heavy atom. The molecule has 4 heteroatoms. The van der Waals surface area contributed by atoms with Gasteiger partial charge in [-0.25, -0.2) is 0 Å². The van der Waals surface area contributed by atoms with E-state index in [4.69, 9.17) is 13.8 Å². The molecular formula is C45H37NO2Si. The lowest BCUT2D eigenvalue weighted by molar-refractivity contribution is 0.00860. The van der Waals surface area contributed by atoms with Gasteiger partial charge in [0.2, 0.25) is 0 Å². The number of hydrogen-bond acceptors (Lipinski definition) is 3. The summed E-state index contributed by atoms with van der Waals surface area (Å²) in [6.07, 6.45) is 1.05. The van der Waals surface area contributed by atoms with Gasteiger partial charge < -0.3 is 8.85 Å². The summed E-state index contributed by atoms with van der Waals surface area (Å²) < 4.78 is 16.4. The predicted molar refractivity (Wildman–Crippen MR) is 199 cm³/mol. The molecule has 0 N–H and O–H groups in total. The largest absolute Gasteiger partial charge is 0.409 e. The van der Waals surface area contributed by atoms with Crippen LogP contribution < -0.4 is 10.4 Å². The second-order valence-electron chi connectivity index (χ2n) is 12.6. The fourth-order valence-corrected chi connectivity index (χ4v) is 11.1. The summed E-state index contributed by atoms with van der Waals surface area (Å²) in [5.74, 6) is 0. The topological polar surface area (TPSA) is 31.4 Å². The Morgan fingerprint density at radius 2 is 0.633 bits per heavy atom. The Balaban J connectivity index is 1.54. The monoisotopic (exact) mass is 651 g/mol. The molecule has 0 unspecified atom stereocenters. The molecule has 0 atom stereocenters. The first-order valence-electron chi connectivity index (χ1n) is 16.9. The van der Waals surface area contributed by atoms with Gasteiger partial charge in [-0.1, -0.05) is 188 Å².